The standard InChI is InChI=1S/C15H17NO/c1-2-16-15-9-7-14(8-10-15)13-5-3-12(11-17)4-6-13/h3-10,16-17H,2,11H2,1H3. The summed E-state index contributed by atoms with van der Waals surface area (Å²) in [6.07, 6.45) is 0. The van der Waals surface area contributed by atoms with Gasteiger partial charge < -0.3 is 10.4 Å². The predicted octanol–water partition coefficient (Wildman–Crippen LogP) is 3.28. The van der Waals surface area contributed by atoms with Gasteiger partial charge in [-0.2, -0.15) is 0 Å². The minimum atomic E-state index is 0.0969. The number of rotatable bonds is 4. The molecule has 0 aromatic heterocycles. The molecule has 0 aliphatic rings. The van der Waals surface area contributed by atoms with Crippen LogP contribution < -0.4 is 5.32 Å². The fourth-order valence-corrected chi connectivity index (χ4v) is 1.79. The Morgan fingerprint density at radius 3 is 1.88 bits per heavy atom. The monoisotopic (exact) mass is 227 g/mol. The topological polar surface area (TPSA) is 32.3 Å². The van der Waals surface area contributed by atoms with Gasteiger partial charge in [0.2, 0.25) is 0 Å². The van der Waals surface area contributed by atoms with Crippen molar-refractivity contribution in [3.63, 3.8) is 0 Å². The second kappa shape index (κ2) is 5.51. The summed E-state index contributed by atoms with van der Waals surface area (Å²) < 4.78 is 0. The molecule has 0 aliphatic carbocycles. The van der Waals surface area contributed by atoms with E-state index in [1.165, 1.54) is 11.1 Å². The van der Waals surface area contributed by atoms with Crippen molar-refractivity contribution < 1.29 is 5.11 Å². The van der Waals surface area contributed by atoms with Gasteiger partial charge in [0.25, 0.3) is 0 Å². The Morgan fingerprint density at radius 2 is 1.41 bits per heavy atom. The molecule has 0 radical (unpaired) electrons. The van der Waals surface area contributed by atoms with Gasteiger partial charge in [0.05, 0.1) is 6.61 Å². The molecule has 0 unspecified atom stereocenters. The Kier molecular flexibility index (Phi) is 3.78. The molecule has 2 aromatic carbocycles. The Hall–Kier alpha value is -1.80. The van der Waals surface area contributed by atoms with Crippen LogP contribution in [0.2, 0.25) is 0 Å². The summed E-state index contributed by atoms with van der Waals surface area (Å²) >= 11 is 0. The average molecular weight is 227 g/mol. The number of hydrogen-bond donors (Lipinski definition) is 2. The molecule has 0 atom stereocenters. The molecule has 0 saturated carbocycles. The SMILES string of the molecule is CCNc1ccc(-c2ccc(CO)cc2)cc1. The van der Waals surface area contributed by atoms with Crippen LogP contribution in [0.3, 0.4) is 0 Å². The predicted molar refractivity (Wildman–Crippen MR) is 72.0 cm³/mol. The van der Waals surface area contributed by atoms with Crippen molar-refractivity contribution in [3.8, 4) is 11.1 Å². The fraction of sp³-hybridized carbons (Fsp3) is 0.200. The maximum Gasteiger partial charge on any atom is 0.0681 e. The van der Waals surface area contributed by atoms with Gasteiger partial charge in [-0.25, -0.2) is 0 Å². The Labute approximate surface area is 102 Å². The van der Waals surface area contributed by atoms with E-state index in [-0.39, 0.29) is 6.61 Å². The molecular formula is C15H17NO. The van der Waals surface area contributed by atoms with E-state index in [9.17, 15) is 0 Å². The van der Waals surface area contributed by atoms with Crippen LogP contribution in [-0.4, -0.2) is 11.7 Å². The summed E-state index contributed by atoms with van der Waals surface area (Å²) in [6, 6.07) is 16.3. The van der Waals surface area contributed by atoms with Crippen molar-refractivity contribution in [3.05, 3.63) is 54.1 Å². The first kappa shape index (κ1) is 11.7. The lowest BCUT2D eigenvalue weighted by atomic mass is 10.0. The van der Waals surface area contributed by atoms with E-state index in [0.717, 1.165) is 17.8 Å². The first-order chi connectivity index (χ1) is 8.33. The molecule has 0 bridgehead atoms. The van der Waals surface area contributed by atoms with Crippen LogP contribution in [0.5, 0.6) is 0 Å². The van der Waals surface area contributed by atoms with Gasteiger partial charge in [0.1, 0.15) is 0 Å². The van der Waals surface area contributed by atoms with Crippen LogP contribution in [-0.2, 0) is 6.61 Å². The van der Waals surface area contributed by atoms with Crippen molar-refractivity contribution in [1.29, 1.82) is 0 Å². The smallest absolute Gasteiger partial charge is 0.0681 e. The minimum absolute atomic E-state index is 0.0969. The largest absolute Gasteiger partial charge is 0.392 e. The summed E-state index contributed by atoms with van der Waals surface area (Å²) in [5.74, 6) is 0. The molecule has 0 heterocycles. The van der Waals surface area contributed by atoms with Crippen molar-refractivity contribution in [2.24, 2.45) is 0 Å². The second-order valence-electron chi connectivity index (χ2n) is 3.96. The maximum absolute atomic E-state index is 8.99. The molecule has 2 N–H and O–H groups in total. The lowest BCUT2D eigenvalue weighted by molar-refractivity contribution is 0.282. The van der Waals surface area contributed by atoms with E-state index >= 15 is 0 Å². The zero-order valence-electron chi connectivity index (χ0n) is 9.98. The van der Waals surface area contributed by atoms with Gasteiger partial charge in [0, 0.05) is 12.2 Å². The molecule has 17 heavy (non-hydrogen) atoms. The maximum atomic E-state index is 8.99. The van der Waals surface area contributed by atoms with Crippen LogP contribution in [0.4, 0.5) is 5.69 Å². The summed E-state index contributed by atoms with van der Waals surface area (Å²) in [4.78, 5) is 0. The number of aliphatic hydroxyl groups is 1. The highest BCUT2D eigenvalue weighted by Gasteiger charge is 1.98. The van der Waals surface area contributed by atoms with Crippen molar-refractivity contribution in [2.75, 3.05) is 11.9 Å². The zero-order valence-corrected chi connectivity index (χ0v) is 9.98. The van der Waals surface area contributed by atoms with E-state index in [1.54, 1.807) is 0 Å². The van der Waals surface area contributed by atoms with E-state index in [0.29, 0.717) is 0 Å². The van der Waals surface area contributed by atoms with Gasteiger partial charge in [0.15, 0.2) is 0 Å². The molecule has 2 heteroatoms. The Morgan fingerprint density at radius 1 is 0.882 bits per heavy atom. The molecule has 0 fully saturated rings. The number of nitrogens with one attached hydrogen (secondary N) is 1. The lowest BCUT2D eigenvalue weighted by Crippen LogP contribution is -1.95. The second-order valence-corrected chi connectivity index (χ2v) is 3.96. The third-order valence-electron chi connectivity index (χ3n) is 2.74. The molecule has 0 aliphatic heterocycles. The Balaban J connectivity index is 2.20. The van der Waals surface area contributed by atoms with Gasteiger partial charge in [-0.1, -0.05) is 36.4 Å². The molecule has 0 saturated heterocycles. The van der Waals surface area contributed by atoms with E-state index in [2.05, 4.69) is 36.5 Å². The van der Waals surface area contributed by atoms with E-state index in [4.69, 9.17) is 5.11 Å². The number of hydrogen-bond acceptors (Lipinski definition) is 2. The van der Waals surface area contributed by atoms with Crippen molar-refractivity contribution in [2.45, 2.75) is 13.5 Å². The highest BCUT2D eigenvalue weighted by molar-refractivity contribution is 5.66. The highest BCUT2D eigenvalue weighted by Crippen LogP contribution is 2.21. The normalized spacial score (nSPS) is 10.2. The molecule has 0 amide bonds. The van der Waals surface area contributed by atoms with Crippen molar-refractivity contribution in [1.82, 2.24) is 0 Å². The van der Waals surface area contributed by atoms with Gasteiger partial charge in [-0.3, -0.25) is 0 Å². The molecule has 2 aromatic rings. The molecule has 0 spiro atoms. The first-order valence-electron chi connectivity index (χ1n) is 5.87. The third-order valence-corrected chi connectivity index (χ3v) is 2.74. The van der Waals surface area contributed by atoms with Crippen LogP contribution in [0.15, 0.2) is 48.5 Å². The average Bonchev–Trinajstić information content (AvgIpc) is 2.40. The zero-order chi connectivity index (χ0) is 12.1. The van der Waals surface area contributed by atoms with Crippen LogP contribution in [0.25, 0.3) is 11.1 Å². The molecule has 2 rings (SSSR count). The Bertz CT molecular complexity index is 459. The summed E-state index contributed by atoms with van der Waals surface area (Å²) in [6.45, 7) is 3.12. The molecule has 2 nitrogen and oxygen atoms in total. The molecule has 88 valence electrons. The minimum Gasteiger partial charge on any atom is -0.392 e. The van der Waals surface area contributed by atoms with Crippen LogP contribution in [0.1, 0.15) is 12.5 Å². The molecular weight excluding hydrogens is 210 g/mol. The van der Waals surface area contributed by atoms with Crippen LogP contribution >= 0.6 is 0 Å². The van der Waals surface area contributed by atoms with Gasteiger partial charge in [-0.15, -0.1) is 0 Å². The fourth-order valence-electron chi connectivity index (χ4n) is 1.79. The van der Waals surface area contributed by atoms with Crippen molar-refractivity contribution >= 4 is 5.69 Å². The highest BCUT2D eigenvalue weighted by atomic mass is 16.3. The summed E-state index contributed by atoms with van der Waals surface area (Å²) in [7, 11) is 0. The summed E-state index contributed by atoms with van der Waals surface area (Å²) in [5.41, 5.74) is 4.45. The first-order valence-corrected chi connectivity index (χ1v) is 5.87. The van der Waals surface area contributed by atoms with E-state index in [1.807, 2.05) is 24.3 Å². The van der Waals surface area contributed by atoms with Gasteiger partial charge >= 0.3 is 0 Å². The van der Waals surface area contributed by atoms with E-state index < -0.39 is 0 Å². The number of anilines is 1. The quantitative estimate of drug-likeness (QED) is 0.840. The van der Waals surface area contributed by atoms with Crippen LogP contribution in [0, 0.1) is 0 Å². The van der Waals surface area contributed by atoms with Gasteiger partial charge in [-0.05, 0) is 35.7 Å². The lowest BCUT2D eigenvalue weighted by Gasteiger charge is -2.06. The third kappa shape index (κ3) is 2.86. The number of benzene rings is 2. The number of aliphatic hydroxyl groups excluding tert-OH is 1. The summed E-state index contributed by atoms with van der Waals surface area (Å²) in [5, 5.41) is 12.3.